The molecule has 0 unspecified atom stereocenters. The van der Waals surface area contributed by atoms with Crippen molar-refractivity contribution in [2.45, 2.75) is 12.8 Å². The summed E-state index contributed by atoms with van der Waals surface area (Å²) in [5, 5.41) is 0.763. The van der Waals surface area contributed by atoms with Crippen molar-refractivity contribution in [1.82, 2.24) is 9.55 Å². The van der Waals surface area contributed by atoms with Gasteiger partial charge in [-0.3, -0.25) is 0 Å². The van der Waals surface area contributed by atoms with Gasteiger partial charge in [0, 0.05) is 31.1 Å². The summed E-state index contributed by atoms with van der Waals surface area (Å²) >= 11 is 5.96. The molecule has 0 amide bonds. The van der Waals surface area contributed by atoms with Gasteiger partial charge in [0.25, 0.3) is 0 Å². The first-order chi connectivity index (χ1) is 8.19. The molecule has 0 saturated heterocycles. The normalized spacial score (nSPS) is 10.8. The first kappa shape index (κ1) is 12.1. The average Bonchev–Trinajstić information content (AvgIpc) is 2.60. The van der Waals surface area contributed by atoms with Crippen LogP contribution in [0, 0.1) is 0 Å². The molecule has 0 spiro atoms. The van der Waals surface area contributed by atoms with Gasteiger partial charge in [0.2, 0.25) is 0 Å². The molecule has 3 nitrogen and oxygen atoms in total. The molecule has 0 bridgehead atoms. The summed E-state index contributed by atoms with van der Waals surface area (Å²) in [6, 6.07) is 7.87. The van der Waals surface area contributed by atoms with Crippen LogP contribution < -0.4 is 5.73 Å². The van der Waals surface area contributed by atoms with Gasteiger partial charge in [0.15, 0.2) is 0 Å². The molecule has 90 valence electrons. The Morgan fingerprint density at radius 2 is 2.24 bits per heavy atom. The van der Waals surface area contributed by atoms with Crippen molar-refractivity contribution in [2.75, 3.05) is 6.54 Å². The Hall–Kier alpha value is -1.32. The van der Waals surface area contributed by atoms with Crippen LogP contribution in [0.4, 0.5) is 0 Å². The second-order valence-corrected chi connectivity index (χ2v) is 4.54. The van der Waals surface area contributed by atoms with E-state index in [2.05, 4.69) is 11.1 Å². The molecule has 0 atom stereocenters. The fourth-order valence-electron chi connectivity index (χ4n) is 1.83. The van der Waals surface area contributed by atoms with Gasteiger partial charge in [0.1, 0.15) is 5.82 Å². The number of aryl methyl sites for hydroxylation is 1. The fourth-order valence-corrected chi connectivity index (χ4v) is 2.05. The molecule has 0 aliphatic heterocycles. The van der Waals surface area contributed by atoms with Crippen LogP contribution in [0.2, 0.25) is 5.02 Å². The minimum absolute atomic E-state index is 0.633. The fraction of sp³-hybridized carbons (Fsp3) is 0.308. The molecule has 0 radical (unpaired) electrons. The second-order valence-electron chi connectivity index (χ2n) is 4.10. The summed E-state index contributed by atoms with van der Waals surface area (Å²) < 4.78 is 2.05. The maximum absolute atomic E-state index is 5.96. The van der Waals surface area contributed by atoms with Crippen LogP contribution in [-0.4, -0.2) is 16.1 Å². The van der Waals surface area contributed by atoms with Gasteiger partial charge in [-0.1, -0.05) is 23.7 Å². The van der Waals surface area contributed by atoms with Gasteiger partial charge in [0.05, 0.1) is 5.69 Å². The summed E-state index contributed by atoms with van der Waals surface area (Å²) in [6.07, 6.45) is 3.65. The molecule has 4 heteroatoms. The van der Waals surface area contributed by atoms with Crippen LogP contribution in [0.15, 0.2) is 30.5 Å². The predicted octanol–water partition coefficient (Wildman–Crippen LogP) is 2.17. The Bertz CT molecular complexity index is 505. The van der Waals surface area contributed by atoms with Gasteiger partial charge in [-0.15, -0.1) is 0 Å². The third-order valence-corrected chi connectivity index (χ3v) is 2.91. The lowest BCUT2D eigenvalue weighted by molar-refractivity contribution is 0.821. The highest BCUT2D eigenvalue weighted by molar-refractivity contribution is 6.30. The highest BCUT2D eigenvalue weighted by atomic mass is 35.5. The number of nitrogens with zero attached hydrogens (tertiary/aromatic N) is 2. The summed E-state index contributed by atoms with van der Waals surface area (Å²) in [6.45, 7) is 0.633. The average molecular weight is 250 g/mol. The first-order valence-corrected chi connectivity index (χ1v) is 6.02. The molecule has 2 aromatic rings. The molecular formula is C13H16ClN3. The Morgan fingerprint density at radius 1 is 1.41 bits per heavy atom. The summed E-state index contributed by atoms with van der Waals surface area (Å²) in [5.74, 6) is 1.04. The largest absolute Gasteiger partial charge is 0.337 e. The van der Waals surface area contributed by atoms with Crippen LogP contribution in [0.3, 0.4) is 0 Å². The van der Waals surface area contributed by atoms with E-state index in [1.165, 1.54) is 5.56 Å². The topological polar surface area (TPSA) is 43.8 Å². The summed E-state index contributed by atoms with van der Waals surface area (Å²) in [7, 11) is 2.01. The van der Waals surface area contributed by atoms with Crippen LogP contribution >= 0.6 is 11.6 Å². The summed E-state index contributed by atoms with van der Waals surface area (Å²) in [4.78, 5) is 4.56. The van der Waals surface area contributed by atoms with Crippen molar-refractivity contribution < 1.29 is 0 Å². The minimum Gasteiger partial charge on any atom is -0.337 e. The Kier molecular flexibility index (Phi) is 3.82. The van der Waals surface area contributed by atoms with E-state index in [0.717, 1.165) is 29.4 Å². The minimum atomic E-state index is 0.633. The van der Waals surface area contributed by atoms with Crippen LogP contribution in [0.5, 0.6) is 0 Å². The van der Waals surface area contributed by atoms with E-state index in [9.17, 15) is 0 Å². The van der Waals surface area contributed by atoms with Crippen molar-refractivity contribution >= 4 is 11.6 Å². The second kappa shape index (κ2) is 5.34. The standard InChI is InChI=1S/C13H16ClN3/c1-17-9-12(5-6-15)16-13(17)8-10-3-2-4-11(14)7-10/h2-4,7,9H,5-6,8,15H2,1H3. The lowest BCUT2D eigenvalue weighted by Gasteiger charge is -2.02. The monoisotopic (exact) mass is 249 g/mol. The molecule has 0 saturated carbocycles. The van der Waals surface area contributed by atoms with E-state index < -0.39 is 0 Å². The Morgan fingerprint density at radius 3 is 2.94 bits per heavy atom. The number of aromatic nitrogens is 2. The Labute approximate surface area is 106 Å². The number of nitrogens with two attached hydrogens (primary N) is 1. The maximum Gasteiger partial charge on any atom is 0.113 e. The molecule has 1 aromatic heterocycles. The van der Waals surface area contributed by atoms with E-state index in [1.54, 1.807) is 0 Å². The molecule has 1 aromatic carbocycles. The Balaban J connectivity index is 2.18. The number of imidazole rings is 1. The quantitative estimate of drug-likeness (QED) is 0.903. The SMILES string of the molecule is Cn1cc(CCN)nc1Cc1cccc(Cl)c1. The van der Waals surface area contributed by atoms with Crippen molar-refractivity contribution in [3.05, 3.63) is 52.6 Å². The third kappa shape index (κ3) is 3.08. The molecule has 2 rings (SSSR count). The van der Waals surface area contributed by atoms with Gasteiger partial charge in [-0.2, -0.15) is 0 Å². The van der Waals surface area contributed by atoms with Crippen molar-refractivity contribution in [3.63, 3.8) is 0 Å². The van der Waals surface area contributed by atoms with Gasteiger partial charge in [-0.25, -0.2) is 4.98 Å². The van der Waals surface area contributed by atoms with Crippen LogP contribution in [0.1, 0.15) is 17.1 Å². The third-order valence-electron chi connectivity index (χ3n) is 2.67. The molecule has 0 fully saturated rings. The van der Waals surface area contributed by atoms with Crippen molar-refractivity contribution in [2.24, 2.45) is 12.8 Å². The number of hydrogen-bond donors (Lipinski definition) is 1. The molecule has 2 N–H and O–H groups in total. The molecular weight excluding hydrogens is 234 g/mol. The highest BCUT2D eigenvalue weighted by Crippen LogP contribution is 2.14. The van der Waals surface area contributed by atoms with E-state index in [4.69, 9.17) is 17.3 Å². The number of rotatable bonds is 4. The zero-order valence-electron chi connectivity index (χ0n) is 9.86. The molecule has 1 heterocycles. The van der Waals surface area contributed by atoms with Gasteiger partial charge < -0.3 is 10.3 Å². The lowest BCUT2D eigenvalue weighted by Crippen LogP contribution is -2.02. The lowest BCUT2D eigenvalue weighted by atomic mass is 10.1. The predicted molar refractivity (Wildman–Crippen MR) is 70.2 cm³/mol. The number of halogens is 1. The van der Waals surface area contributed by atoms with Crippen molar-refractivity contribution in [3.8, 4) is 0 Å². The zero-order valence-corrected chi connectivity index (χ0v) is 10.6. The van der Waals surface area contributed by atoms with Gasteiger partial charge >= 0.3 is 0 Å². The molecule has 0 aliphatic rings. The molecule has 17 heavy (non-hydrogen) atoms. The van der Waals surface area contributed by atoms with E-state index in [-0.39, 0.29) is 0 Å². The van der Waals surface area contributed by atoms with Gasteiger partial charge in [-0.05, 0) is 24.2 Å². The summed E-state index contributed by atoms with van der Waals surface area (Å²) in [5.41, 5.74) is 7.75. The zero-order chi connectivity index (χ0) is 12.3. The maximum atomic E-state index is 5.96. The van der Waals surface area contributed by atoms with E-state index in [1.807, 2.05) is 36.0 Å². The van der Waals surface area contributed by atoms with Crippen LogP contribution in [-0.2, 0) is 19.9 Å². The smallest absolute Gasteiger partial charge is 0.113 e. The van der Waals surface area contributed by atoms with Crippen molar-refractivity contribution in [1.29, 1.82) is 0 Å². The van der Waals surface area contributed by atoms with Crippen LogP contribution in [0.25, 0.3) is 0 Å². The molecule has 0 aliphatic carbocycles. The number of hydrogen-bond acceptors (Lipinski definition) is 2. The first-order valence-electron chi connectivity index (χ1n) is 5.64. The van der Waals surface area contributed by atoms with E-state index in [0.29, 0.717) is 6.54 Å². The number of benzene rings is 1. The highest BCUT2D eigenvalue weighted by Gasteiger charge is 2.06. The van der Waals surface area contributed by atoms with E-state index >= 15 is 0 Å².